The normalized spacial score (nSPS) is 9.93. The molecule has 0 unspecified atom stereocenters. The van der Waals surface area contributed by atoms with E-state index in [2.05, 4.69) is 24.2 Å². The Hall–Kier alpha value is -0.450. The third kappa shape index (κ3) is 8.54. The largest absolute Gasteiger partial charge is 0.356 e. The molecule has 0 atom stereocenters. The van der Waals surface area contributed by atoms with Crippen molar-refractivity contribution in [1.82, 2.24) is 4.98 Å². The van der Waals surface area contributed by atoms with E-state index in [9.17, 15) is 0 Å². The molecule has 1 heterocycles. The summed E-state index contributed by atoms with van der Waals surface area (Å²) in [6, 6.07) is 0. The zero-order valence-corrected chi connectivity index (χ0v) is 10.8. The first kappa shape index (κ1) is 14.6. The van der Waals surface area contributed by atoms with Crippen molar-refractivity contribution in [2.24, 2.45) is 0 Å². The average Bonchev–Trinajstić information content (AvgIpc) is 2.72. The Kier molecular flexibility index (Phi) is 9.78. The van der Waals surface area contributed by atoms with Crippen LogP contribution in [0.15, 0.2) is 10.9 Å². The third-order valence-corrected chi connectivity index (χ3v) is 2.22. The first-order valence-electron chi connectivity index (χ1n) is 5.25. The molecule has 0 radical (unpaired) electrons. The minimum atomic E-state index is 0.438. The quantitative estimate of drug-likeness (QED) is 0.575. The Balaban J connectivity index is 0.000000265. The minimum Gasteiger partial charge on any atom is -0.356 e. The summed E-state index contributed by atoms with van der Waals surface area (Å²) < 4.78 is 9.70. The van der Waals surface area contributed by atoms with E-state index in [1.807, 2.05) is 19.4 Å². The molecule has 0 amide bonds. The zero-order valence-electron chi connectivity index (χ0n) is 10.0. The molecule has 0 aromatic carbocycles. The summed E-state index contributed by atoms with van der Waals surface area (Å²) in [5.41, 5.74) is 3.07. The molecule has 88 valence electrons. The highest BCUT2D eigenvalue weighted by Gasteiger charge is 1.97. The predicted octanol–water partition coefficient (Wildman–Crippen LogP) is 3.28. The van der Waals surface area contributed by atoms with Crippen LogP contribution >= 0.6 is 11.3 Å². The highest BCUT2D eigenvalue weighted by Crippen LogP contribution is 2.12. The van der Waals surface area contributed by atoms with Crippen LogP contribution in [-0.2, 0) is 9.47 Å². The van der Waals surface area contributed by atoms with Gasteiger partial charge in [-0.2, -0.15) is 0 Å². The molecule has 3 nitrogen and oxygen atoms in total. The van der Waals surface area contributed by atoms with Crippen molar-refractivity contribution in [3.8, 4) is 0 Å². The van der Waals surface area contributed by atoms with Crippen LogP contribution in [0.5, 0.6) is 0 Å². The molecule has 15 heavy (non-hydrogen) atoms. The molecule has 1 aromatic rings. The second-order valence-corrected chi connectivity index (χ2v) is 3.89. The van der Waals surface area contributed by atoms with Crippen molar-refractivity contribution in [3.63, 3.8) is 0 Å². The summed E-state index contributed by atoms with van der Waals surface area (Å²) in [7, 11) is 0. The first-order chi connectivity index (χ1) is 7.22. The van der Waals surface area contributed by atoms with Crippen molar-refractivity contribution in [1.29, 1.82) is 0 Å². The Labute approximate surface area is 96.4 Å². The van der Waals surface area contributed by atoms with Crippen molar-refractivity contribution >= 4 is 11.3 Å². The molecule has 0 bridgehead atoms. The number of hydrogen-bond donors (Lipinski definition) is 0. The molecule has 1 rings (SSSR count). The Morgan fingerprint density at radius 3 is 2.13 bits per heavy atom. The standard InChI is InChI=1S/C6H9NS.C5H12O2/c1-5(2)6-3-8-4-7-6;1-3-6-5-7-4-2/h3-5H,1-2H3;3-5H2,1-2H3. The van der Waals surface area contributed by atoms with Crippen LogP contribution in [0.2, 0.25) is 0 Å². The lowest BCUT2D eigenvalue weighted by Crippen LogP contribution is -1.97. The summed E-state index contributed by atoms with van der Waals surface area (Å²) in [6.45, 7) is 10.1. The molecule has 0 aliphatic carbocycles. The van der Waals surface area contributed by atoms with Crippen LogP contribution in [0.25, 0.3) is 0 Å². The molecule has 0 spiro atoms. The summed E-state index contributed by atoms with van der Waals surface area (Å²) >= 11 is 1.66. The van der Waals surface area contributed by atoms with Crippen molar-refractivity contribution < 1.29 is 9.47 Å². The van der Waals surface area contributed by atoms with Crippen LogP contribution in [0.4, 0.5) is 0 Å². The lowest BCUT2D eigenvalue weighted by Gasteiger charge is -1.97. The summed E-state index contributed by atoms with van der Waals surface area (Å²) in [4.78, 5) is 4.13. The maximum Gasteiger partial charge on any atom is 0.146 e. The van der Waals surface area contributed by atoms with E-state index in [-0.39, 0.29) is 0 Å². The van der Waals surface area contributed by atoms with Gasteiger partial charge in [0.1, 0.15) is 6.79 Å². The van der Waals surface area contributed by atoms with Crippen LogP contribution in [0.3, 0.4) is 0 Å². The number of ether oxygens (including phenoxy) is 2. The highest BCUT2D eigenvalue weighted by atomic mass is 32.1. The van der Waals surface area contributed by atoms with Gasteiger partial charge >= 0.3 is 0 Å². The van der Waals surface area contributed by atoms with E-state index in [0.717, 1.165) is 13.2 Å². The molecule has 0 N–H and O–H groups in total. The molecular weight excluding hydrogens is 210 g/mol. The first-order valence-corrected chi connectivity index (χ1v) is 6.20. The Bertz CT molecular complexity index is 208. The summed E-state index contributed by atoms with van der Waals surface area (Å²) in [5, 5.41) is 2.09. The Morgan fingerprint density at radius 2 is 1.87 bits per heavy atom. The fraction of sp³-hybridized carbons (Fsp3) is 0.727. The molecule has 0 saturated heterocycles. The number of hydrogen-bond acceptors (Lipinski definition) is 4. The van der Waals surface area contributed by atoms with E-state index < -0.39 is 0 Å². The van der Waals surface area contributed by atoms with E-state index >= 15 is 0 Å². The van der Waals surface area contributed by atoms with Gasteiger partial charge in [0.15, 0.2) is 0 Å². The fourth-order valence-electron chi connectivity index (χ4n) is 0.733. The topological polar surface area (TPSA) is 31.4 Å². The van der Waals surface area contributed by atoms with Gasteiger partial charge in [-0.1, -0.05) is 13.8 Å². The van der Waals surface area contributed by atoms with Gasteiger partial charge in [-0.15, -0.1) is 11.3 Å². The lowest BCUT2D eigenvalue weighted by molar-refractivity contribution is -0.0445. The number of nitrogens with zero attached hydrogens (tertiary/aromatic N) is 1. The van der Waals surface area contributed by atoms with E-state index in [1.165, 1.54) is 5.69 Å². The number of rotatable bonds is 5. The minimum absolute atomic E-state index is 0.438. The van der Waals surface area contributed by atoms with Gasteiger partial charge < -0.3 is 9.47 Å². The summed E-state index contributed by atoms with van der Waals surface area (Å²) in [6.07, 6.45) is 0. The van der Waals surface area contributed by atoms with Gasteiger partial charge in [0.05, 0.1) is 11.2 Å². The van der Waals surface area contributed by atoms with E-state index in [1.54, 1.807) is 11.3 Å². The van der Waals surface area contributed by atoms with E-state index in [4.69, 9.17) is 9.47 Å². The van der Waals surface area contributed by atoms with Crippen molar-refractivity contribution in [3.05, 3.63) is 16.6 Å². The maximum atomic E-state index is 4.85. The van der Waals surface area contributed by atoms with Crippen molar-refractivity contribution in [2.75, 3.05) is 20.0 Å². The average molecular weight is 231 g/mol. The highest BCUT2D eigenvalue weighted by molar-refractivity contribution is 7.07. The second-order valence-electron chi connectivity index (χ2n) is 3.17. The number of thiazole rings is 1. The van der Waals surface area contributed by atoms with E-state index in [0.29, 0.717) is 12.7 Å². The molecule has 0 aliphatic heterocycles. The molecule has 0 saturated carbocycles. The second kappa shape index (κ2) is 10.1. The van der Waals surface area contributed by atoms with Gasteiger partial charge in [-0.05, 0) is 19.8 Å². The fourth-order valence-corrected chi connectivity index (χ4v) is 1.45. The SMILES string of the molecule is CC(C)c1cscn1.CCOCOCC. The smallest absolute Gasteiger partial charge is 0.146 e. The molecule has 4 heteroatoms. The molecular formula is C11H21NO2S. The van der Waals surface area contributed by atoms with Crippen LogP contribution in [0.1, 0.15) is 39.3 Å². The maximum absolute atomic E-state index is 4.85. The number of aromatic nitrogens is 1. The van der Waals surface area contributed by atoms with Crippen LogP contribution < -0.4 is 0 Å². The third-order valence-electron chi connectivity index (χ3n) is 1.62. The van der Waals surface area contributed by atoms with Gasteiger partial charge in [-0.3, -0.25) is 0 Å². The molecule has 0 fully saturated rings. The lowest BCUT2D eigenvalue weighted by atomic mass is 10.2. The molecule has 0 aliphatic rings. The van der Waals surface area contributed by atoms with Crippen LogP contribution in [0, 0.1) is 0 Å². The van der Waals surface area contributed by atoms with Gasteiger partial charge in [0.25, 0.3) is 0 Å². The summed E-state index contributed by atoms with van der Waals surface area (Å²) in [5.74, 6) is 0.584. The monoisotopic (exact) mass is 231 g/mol. The molecule has 1 aromatic heterocycles. The zero-order chi connectivity index (χ0) is 11.5. The Morgan fingerprint density at radius 1 is 1.27 bits per heavy atom. The predicted molar refractivity (Wildman–Crippen MR) is 64.3 cm³/mol. The van der Waals surface area contributed by atoms with Crippen LogP contribution in [-0.4, -0.2) is 25.0 Å². The van der Waals surface area contributed by atoms with Crippen molar-refractivity contribution in [2.45, 2.75) is 33.6 Å². The van der Waals surface area contributed by atoms with Gasteiger partial charge in [0, 0.05) is 18.6 Å². The van der Waals surface area contributed by atoms with Gasteiger partial charge in [0.2, 0.25) is 0 Å². The van der Waals surface area contributed by atoms with Gasteiger partial charge in [-0.25, -0.2) is 4.98 Å².